The number of benzene rings is 2. The highest BCUT2D eigenvalue weighted by Gasteiger charge is 2.14. The minimum absolute atomic E-state index is 0.0153. The molecule has 0 saturated heterocycles. The molecule has 0 aliphatic heterocycles. The standard InChI is InChI=1S/C16H12ClN3O5S/c1-26(24,25)19-14(21)9-5-6-12-13(7-9)18-16(23)20(15(12)22)11-4-2-3-10(17)8-11/h2-8H,1H3,(H,18,23)(H,19,21). The fourth-order valence-corrected chi connectivity index (χ4v) is 3.08. The van der Waals surface area contributed by atoms with Gasteiger partial charge in [-0.1, -0.05) is 17.7 Å². The predicted octanol–water partition coefficient (Wildman–Crippen LogP) is 1.02. The van der Waals surface area contributed by atoms with Crippen molar-refractivity contribution in [1.29, 1.82) is 0 Å². The van der Waals surface area contributed by atoms with Crippen LogP contribution in [0, 0.1) is 0 Å². The molecular formula is C16H12ClN3O5S. The lowest BCUT2D eigenvalue weighted by Crippen LogP contribution is -2.34. The van der Waals surface area contributed by atoms with E-state index in [1.807, 2.05) is 4.72 Å². The van der Waals surface area contributed by atoms with Crippen molar-refractivity contribution in [1.82, 2.24) is 14.3 Å². The molecule has 8 nitrogen and oxygen atoms in total. The maximum Gasteiger partial charge on any atom is 0.333 e. The second-order valence-corrected chi connectivity index (χ2v) is 7.70. The Morgan fingerprint density at radius 1 is 1.15 bits per heavy atom. The van der Waals surface area contributed by atoms with Gasteiger partial charge in [-0.3, -0.25) is 9.59 Å². The quantitative estimate of drug-likeness (QED) is 0.688. The third-order valence-corrected chi connectivity index (χ3v) is 4.30. The molecule has 2 N–H and O–H groups in total. The van der Waals surface area contributed by atoms with E-state index in [0.29, 0.717) is 10.7 Å². The van der Waals surface area contributed by atoms with Crippen LogP contribution in [0.4, 0.5) is 0 Å². The molecule has 3 aromatic rings. The van der Waals surface area contributed by atoms with Gasteiger partial charge >= 0.3 is 5.69 Å². The van der Waals surface area contributed by atoms with Gasteiger partial charge in [-0.25, -0.2) is 22.5 Å². The van der Waals surface area contributed by atoms with Crippen LogP contribution in [-0.4, -0.2) is 30.1 Å². The zero-order valence-electron chi connectivity index (χ0n) is 13.3. The molecule has 1 aromatic heterocycles. The summed E-state index contributed by atoms with van der Waals surface area (Å²) in [7, 11) is -3.74. The number of sulfonamides is 1. The molecule has 0 fully saturated rings. The van der Waals surface area contributed by atoms with E-state index in [4.69, 9.17) is 11.6 Å². The van der Waals surface area contributed by atoms with Crippen LogP contribution in [0.2, 0.25) is 5.02 Å². The van der Waals surface area contributed by atoms with E-state index in [9.17, 15) is 22.8 Å². The zero-order chi connectivity index (χ0) is 19.1. The molecule has 3 rings (SSSR count). The smallest absolute Gasteiger partial charge is 0.306 e. The van der Waals surface area contributed by atoms with Crippen molar-refractivity contribution >= 4 is 38.4 Å². The average molecular weight is 394 g/mol. The van der Waals surface area contributed by atoms with Crippen molar-refractivity contribution in [2.75, 3.05) is 6.26 Å². The number of rotatable bonds is 3. The maximum atomic E-state index is 12.7. The first kappa shape index (κ1) is 17.9. The highest BCUT2D eigenvalue weighted by Crippen LogP contribution is 2.14. The van der Waals surface area contributed by atoms with E-state index in [1.165, 1.54) is 24.3 Å². The Hall–Kier alpha value is -2.91. The number of nitrogens with zero attached hydrogens (tertiary/aromatic N) is 1. The van der Waals surface area contributed by atoms with Gasteiger partial charge in [-0.2, -0.15) is 0 Å². The number of carbonyl (C=O) groups excluding carboxylic acids is 1. The fraction of sp³-hybridized carbons (Fsp3) is 0.0625. The largest absolute Gasteiger partial charge is 0.333 e. The van der Waals surface area contributed by atoms with E-state index >= 15 is 0 Å². The van der Waals surface area contributed by atoms with Gasteiger partial charge in [0.2, 0.25) is 10.0 Å². The third kappa shape index (κ3) is 3.53. The monoisotopic (exact) mass is 393 g/mol. The highest BCUT2D eigenvalue weighted by molar-refractivity contribution is 7.89. The lowest BCUT2D eigenvalue weighted by atomic mass is 10.1. The van der Waals surface area contributed by atoms with Crippen molar-refractivity contribution < 1.29 is 13.2 Å². The number of hydrogen-bond acceptors (Lipinski definition) is 5. The number of amides is 1. The number of H-pyrrole nitrogens is 1. The number of hydrogen-bond donors (Lipinski definition) is 2. The van der Waals surface area contributed by atoms with Crippen LogP contribution in [0.5, 0.6) is 0 Å². The van der Waals surface area contributed by atoms with Gasteiger partial charge < -0.3 is 4.98 Å². The van der Waals surface area contributed by atoms with Gasteiger partial charge in [-0.15, -0.1) is 0 Å². The molecule has 10 heteroatoms. The van der Waals surface area contributed by atoms with E-state index in [0.717, 1.165) is 10.8 Å². The molecule has 0 aliphatic carbocycles. The number of fused-ring (bicyclic) bond motifs is 1. The van der Waals surface area contributed by atoms with Crippen LogP contribution >= 0.6 is 11.6 Å². The molecule has 134 valence electrons. The lowest BCUT2D eigenvalue weighted by Gasteiger charge is -2.08. The summed E-state index contributed by atoms with van der Waals surface area (Å²) in [6.07, 6.45) is 0.845. The number of aromatic nitrogens is 2. The Morgan fingerprint density at radius 3 is 2.54 bits per heavy atom. The Balaban J connectivity index is 2.17. The van der Waals surface area contributed by atoms with Crippen molar-refractivity contribution in [3.05, 3.63) is 73.9 Å². The van der Waals surface area contributed by atoms with Crippen LogP contribution in [0.15, 0.2) is 52.1 Å². The summed E-state index contributed by atoms with van der Waals surface area (Å²) in [6.45, 7) is 0. The highest BCUT2D eigenvalue weighted by atomic mass is 35.5. The van der Waals surface area contributed by atoms with Crippen LogP contribution < -0.4 is 16.0 Å². The second-order valence-electron chi connectivity index (χ2n) is 5.51. The van der Waals surface area contributed by atoms with E-state index in [2.05, 4.69) is 4.98 Å². The molecule has 0 spiro atoms. The minimum Gasteiger partial charge on any atom is -0.306 e. The first-order valence-corrected chi connectivity index (χ1v) is 9.50. The average Bonchev–Trinajstić information content (AvgIpc) is 2.52. The van der Waals surface area contributed by atoms with E-state index in [1.54, 1.807) is 18.2 Å². The van der Waals surface area contributed by atoms with Crippen molar-refractivity contribution in [3.8, 4) is 5.69 Å². The zero-order valence-corrected chi connectivity index (χ0v) is 14.9. The topological polar surface area (TPSA) is 118 Å². The molecular weight excluding hydrogens is 382 g/mol. The van der Waals surface area contributed by atoms with Crippen molar-refractivity contribution in [2.24, 2.45) is 0 Å². The van der Waals surface area contributed by atoms with Crippen molar-refractivity contribution in [2.45, 2.75) is 0 Å². The van der Waals surface area contributed by atoms with Crippen molar-refractivity contribution in [3.63, 3.8) is 0 Å². The van der Waals surface area contributed by atoms with E-state index < -0.39 is 27.2 Å². The SMILES string of the molecule is CS(=O)(=O)NC(=O)c1ccc2c(=O)n(-c3cccc(Cl)c3)c(=O)[nH]c2c1. The third-order valence-electron chi connectivity index (χ3n) is 3.50. The Kier molecular flexibility index (Phi) is 4.43. The maximum absolute atomic E-state index is 12.7. The molecule has 2 aromatic carbocycles. The lowest BCUT2D eigenvalue weighted by molar-refractivity contribution is 0.0982. The number of nitrogens with one attached hydrogen (secondary N) is 2. The van der Waals surface area contributed by atoms with Gasteiger partial charge in [-0.05, 0) is 36.4 Å². The van der Waals surface area contributed by atoms with Crippen LogP contribution in [-0.2, 0) is 10.0 Å². The second kappa shape index (κ2) is 6.43. The van der Waals surface area contributed by atoms with Crippen LogP contribution in [0.25, 0.3) is 16.6 Å². The van der Waals surface area contributed by atoms with Gasteiger partial charge in [0.15, 0.2) is 0 Å². The molecule has 0 unspecified atom stereocenters. The summed E-state index contributed by atoms with van der Waals surface area (Å²) >= 11 is 5.90. The molecule has 1 heterocycles. The van der Waals surface area contributed by atoms with Crippen LogP contribution in [0.1, 0.15) is 10.4 Å². The van der Waals surface area contributed by atoms with Crippen LogP contribution in [0.3, 0.4) is 0 Å². The summed E-state index contributed by atoms with van der Waals surface area (Å²) in [4.78, 5) is 39.4. The fourth-order valence-electron chi connectivity index (χ4n) is 2.44. The molecule has 0 bridgehead atoms. The summed E-state index contributed by atoms with van der Waals surface area (Å²) < 4.78 is 25.1. The molecule has 0 radical (unpaired) electrons. The molecule has 1 amide bonds. The molecule has 0 aliphatic rings. The first-order valence-electron chi connectivity index (χ1n) is 7.23. The summed E-state index contributed by atoms with van der Waals surface area (Å²) in [6, 6.07) is 10.1. The van der Waals surface area contributed by atoms with Gasteiger partial charge in [0, 0.05) is 10.6 Å². The van der Waals surface area contributed by atoms with Gasteiger partial charge in [0.25, 0.3) is 11.5 Å². The Morgan fingerprint density at radius 2 is 1.88 bits per heavy atom. The minimum atomic E-state index is -3.74. The molecule has 26 heavy (non-hydrogen) atoms. The van der Waals surface area contributed by atoms with Gasteiger partial charge in [0.05, 0.1) is 22.8 Å². The number of aromatic amines is 1. The summed E-state index contributed by atoms with van der Waals surface area (Å²) in [5, 5.41) is 0.516. The number of halogens is 1. The van der Waals surface area contributed by atoms with E-state index in [-0.39, 0.29) is 16.5 Å². The molecule has 0 atom stereocenters. The molecule has 0 saturated carbocycles. The predicted molar refractivity (Wildman–Crippen MR) is 97.5 cm³/mol. The van der Waals surface area contributed by atoms with Gasteiger partial charge in [0.1, 0.15) is 0 Å². The summed E-state index contributed by atoms with van der Waals surface area (Å²) in [5.74, 6) is -0.866. The normalized spacial score (nSPS) is 11.5. The number of carbonyl (C=O) groups is 1. The first-order chi connectivity index (χ1) is 12.2. The summed E-state index contributed by atoms with van der Waals surface area (Å²) in [5.41, 5.74) is -0.922. The Bertz CT molecular complexity index is 1260. The Labute approximate surface area is 152 Å².